The summed E-state index contributed by atoms with van der Waals surface area (Å²) in [4.78, 5) is 0. The Morgan fingerprint density at radius 2 is 1.81 bits per heavy atom. The van der Waals surface area contributed by atoms with Crippen LogP contribution in [0.5, 0.6) is 5.75 Å². The molecule has 0 saturated carbocycles. The second-order valence-electron chi connectivity index (χ2n) is 4.38. The van der Waals surface area contributed by atoms with Gasteiger partial charge >= 0.3 is 0 Å². The number of aliphatic hydroxyl groups excluding tert-OH is 1. The summed E-state index contributed by atoms with van der Waals surface area (Å²) >= 11 is 0. The molecule has 0 heterocycles. The molecular weight excluding hydrogens is 202 g/mol. The number of hydrogen-bond donors (Lipinski definition) is 3. The van der Waals surface area contributed by atoms with Crippen molar-refractivity contribution in [3.63, 3.8) is 0 Å². The number of nitrogens with two attached hydrogens (primary N) is 1. The molecule has 0 aliphatic rings. The number of phenolic OH excluding ortho intramolecular Hbond substituents is 1. The molecule has 1 unspecified atom stereocenters. The second-order valence-corrected chi connectivity index (χ2v) is 4.38. The summed E-state index contributed by atoms with van der Waals surface area (Å²) in [7, 11) is 0. The molecule has 0 aliphatic heterocycles. The lowest BCUT2D eigenvalue weighted by atomic mass is 9.94. The second kappa shape index (κ2) is 5.87. The zero-order chi connectivity index (χ0) is 12.1. The van der Waals surface area contributed by atoms with E-state index in [1.165, 1.54) is 5.56 Å². The fourth-order valence-electron chi connectivity index (χ4n) is 2.00. The standard InChI is InChI=1S/C13H21NO2/c1-9-5-12(16)6-10(2)13(9)4-3-11(7-14)8-15/h5-6,11,15-16H,3-4,7-8,14H2,1-2H3. The minimum atomic E-state index is 0.146. The van der Waals surface area contributed by atoms with Gasteiger partial charge in [-0.1, -0.05) is 0 Å². The first-order valence-electron chi connectivity index (χ1n) is 5.68. The van der Waals surface area contributed by atoms with E-state index in [9.17, 15) is 5.11 Å². The summed E-state index contributed by atoms with van der Waals surface area (Å²) in [5.41, 5.74) is 9.01. The zero-order valence-corrected chi connectivity index (χ0v) is 10.0. The first kappa shape index (κ1) is 13.0. The number of rotatable bonds is 5. The van der Waals surface area contributed by atoms with Gasteiger partial charge < -0.3 is 15.9 Å². The third-order valence-corrected chi connectivity index (χ3v) is 3.07. The summed E-state index contributed by atoms with van der Waals surface area (Å²) in [5.74, 6) is 0.490. The van der Waals surface area contributed by atoms with Gasteiger partial charge in [0.25, 0.3) is 0 Å². The average Bonchev–Trinajstić information content (AvgIpc) is 2.22. The Labute approximate surface area is 96.9 Å². The van der Waals surface area contributed by atoms with E-state index in [-0.39, 0.29) is 12.5 Å². The van der Waals surface area contributed by atoms with E-state index in [4.69, 9.17) is 10.8 Å². The monoisotopic (exact) mass is 223 g/mol. The maximum absolute atomic E-state index is 9.43. The van der Waals surface area contributed by atoms with Crippen LogP contribution in [0.25, 0.3) is 0 Å². The molecule has 0 spiro atoms. The molecule has 0 saturated heterocycles. The smallest absolute Gasteiger partial charge is 0.116 e. The van der Waals surface area contributed by atoms with Crippen LogP contribution in [0.15, 0.2) is 12.1 Å². The molecule has 90 valence electrons. The molecule has 3 nitrogen and oxygen atoms in total. The van der Waals surface area contributed by atoms with Gasteiger partial charge in [-0.2, -0.15) is 0 Å². The maximum atomic E-state index is 9.43. The third-order valence-electron chi connectivity index (χ3n) is 3.07. The molecule has 1 rings (SSSR count). The van der Waals surface area contributed by atoms with E-state index in [0.29, 0.717) is 12.3 Å². The molecule has 1 atom stereocenters. The van der Waals surface area contributed by atoms with Gasteiger partial charge in [-0.25, -0.2) is 0 Å². The molecule has 1 aromatic rings. The normalized spacial score (nSPS) is 12.8. The summed E-state index contributed by atoms with van der Waals surface area (Å²) in [6, 6.07) is 3.55. The molecule has 0 aliphatic carbocycles. The Morgan fingerprint density at radius 3 is 2.25 bits per heavy atom. The highest BCUT2D eigenvalue weighted by Crippen LogP contribution is 2.22. The van der Waals surface area contributed by atoms with Gasteiger partial charge in [0.1, 0.15) is 5.75 Å². The van der Waals surface area contributed by atoms with E-state index < -0.39 is 0 Å². The van der Waals surface area contributed by atoms with Gasteiger partial charge in [0, 0.05) is 6.61 Å². The van der Waals surface area contributed by atoms with Crippen molar-refractivity contribution in [2.24, 2.45) is 11.7 Å². The number of hydrogen-bond acceptors (Lipinski definition) is 3. The van der Waals surface area contributed by atoms with Crippen LogP contribution in [0.4, 0.5) is 0 Å². The van der Waals surface area contributed by atoms with Crippen molar-refractivity contribution in [3.8, 4) is 5.75 Å². The van der Waals surface area contributed by atoms with Gasteiger partial charge in [-0.05, 0) is 68.0 Å². The molecule has 0 fully saturated rings. The largest absolute Gasteiger partial charge is 0.508 e. The van der Waals surface area contributed by atoms with E-state index in [0.717, 1.165) is 24.0 Å². The Kier molecular flexibility index (Phi) is 4.77. The lowest BCUT2D eigenvalue weighted by Gasteiger charge is -2.14. The fraction of sp³-hybridized carbons (Fsp3) is 0.538. The highest BCUT2D eigenvalue weighted by molar-refractivity contribution is 5.40. The summed E-state index contributed by atoms with van der Waals surface area (Å²) in [6.45, 7) is 4.66. The van der Waals surface area contributed by atoms with Crippen molar-refractivity contribution in [2.75, 3.05) is 13.2 Å². The molecular formula is C13H21NO2. The Bertz CT molecular complexity index is 323. The molecule has 0 amide bonds. The van der Waals surface area contributed by atoms with Crippen LogP contribution in [0.1, 0.15) is 23.1 Å². The molecule has 0 aromatic heterocycles. The van der Waals surface area contributed by atoms with Crippen LogP contribution < -0.4 is 5.73 Å². The van der Waals surface area contributed by atoms with Gasteiger partial charge in [0.15, 0.2) is 0 Å². The van der Waals surface area contributed by atoms with Crippen molar-refractivity contribution in [3.05, 3.63) is 28.8 Å². The molecule has 0 radical (unpaired) electrons. The van der Waals surface area contributed by atoms with Crippen molar-refractivity contribution in [1.29, 1.82) is 0 Å². The van der Waals surface area contributed by atoms with Gasteiger partial charge in [-0.3, -0.25) is 0 Å². The maximum Gasteiger partial charge on any atom is 0.116 e. The lowest BCUT2D eigenvalue weighted by Crippen LogP contribution is -2.19. The summed E-state index contributed by atoms with van der Waals surface area (Å²) in [6.07, 6.45) is 1.79. The topological polar surface area (TPSA) is 66.5 Å². The van der Waals surface area contributed by atoms with Crippen LogP contribution in [0.2, 0.25) is 0 Å². The molecule has 3 heteroatoms. The minimum absolute atomic E-state index is 0.146. The van der Waals surface area contributed by atoms with Crippen molar-refractivity contribution >= 4 is 0 Å². The first-order chi connectivity index (χ1) is 7.58. The van der Waals surface area contributed by atoms with E-state index >= 15 is 0 Å². The predicted octanol–water partition coefficient (Wildman–Crippen LogP) is 1.51. The van der Waals surface area contributed by atoms with Crippen LogP contribution in [-0.4, -0.2) is 23.4 Å². The number of phenols is 1. The van der Waals surface area contributed by atoms with Crippen molar-refractivity contribution in [2.45, 2.75) is 26.7 Å². The number of benzene rings is 1. The molecule has 1 aromatic carbocycles. The average molecular weight is 223 g/mol. The Morgan fingerprint density at radius 1 is 1.25 bits per heavy atom. The highest BCUT2D eigenvalue weighted by Gasteiger charge is 2.09. The van der Waals surface area contributed by atoms with Crippen LogP contribution in [0, 0.1) is 19.8 Å². The zero-order valence-electron chi connectivity index (χ0n) is 10.0. The number of aryl methyl sites for hydroxylation is 2. The Hall–Kier alpha value is -1.06. The molecule has 4 N–H and O–H groups in total. The number of aromatic hydroxyl groups is 1. The van der Waals surface area contributed by atoms with Crippen LogP contribution >= 0.6 is 0 Å². The van der Waals surface area contributed by atoms with E-state index in [1.54, 1.807) is 12.1 Å². The van der Waals surface area contributed by atoms with Crippen LogP contribution in [0.3, 0.4) is 0 Å². The fourth-order valence-corrected chi connectivity index (χ4v) is 2.00. The summed E-state index contributed by atoms with van der Waals surface area (Å²) < 4.78 is 0. The first-order valence-corrected chi connectivity index (χ1v) is 5.68. The Balaban J connectivity index is 2.74. The molecule has 16 heavy (non-hydrogen) atoms. The van der Waals surface area contributed by atoms with Crippen molar-refractivity contribution < 1.29 is 10.2 Å². The lowest BCUT2D eigenvalue weighted by molar-refractivity contribution is 0.223. The van der Waals surface area contributed by atoms with Crippen LogP contribution in [-0.2, 0) is 6.42 Å². The van der Waals surface area contributed by atoms with Gasteiger partial charge in [0.05, 0.1) is 0 Å². The SMILES string of the molecule is Cc1cc(O)cc(C)c1CCC(CN)CO. The minimum Gasteiger partial charge on any atom is -0.508 e. The van der Waals surface area contributed by atoms with Gasteiger partial charge in [0.2, 0.25) is 0 Å². The summed E-state index contributed by atoms with van der Waals surface area (Å²) in [5, 5.41) is 18.5. The van der Waals surface area contributed by atoms with E-state index in [2.05, 4.69) is 0 Å². The third kappa shape index (κ3) is 3.22. The molecule has 0 bridgehead atoms. The number of aliphatic hydroxyl groups is 1. The highest BCUT2D eigenvalue weighted by atomic mass is 16.3. The van der Waals surface area contributed by atoms with Gasteiger partial charge in [-0.15, -0.1) is 0 Å². The van der Waals surface area contributed by atoms with E-state index in [1.807, 2.05) is 13.8 Å². The predicted molar refractivity (Wildman–Crippen MR) is 65.5 cm³/mol. The quantitative estimate of drug-likeness (QED) is 0.709. The van der Waals surface area contributed by atoms with Crippen molar-refractivity contribution in [1.82, 2.24) is 0 Å².